The van der Waals surface area contributed by atoms with Crippen LogP contribution in [0.2, 0.25) is 0 Å². The van der Waals surface area contributed by atoms with Gasteiger partial charge in [0.1, 0.15) is 0 Å². The zero-order valence-corrected chi connectivity index (χ0v) is 16.5. The number of hydrogen-bond donors (Lipinski definition) is 2. The number of nitrogens with one attached hydrogen (secondary N) is 2. The van der Waals surface area contributed by atoms with Crippen LogP contribution in [0.3, 0.4) is 0 Å². The van der Waals surface area contributed by atoms with Gasteiger partial charge >= 0.3 is 5.97 Å². The molecule has 0 aromatic heterocycles. The van der Waals surface area contributed by atoms with Crippen LogP contribution in [0.15, 0.2) is 24.3 Å². The number of carbonyl (C=O) groups is 3. The van der Waals surface area contributed by atoms with Crippen molar-refractivity contribution in [3.63, 3.8) is 0 Å². The molecule has 0 aliphatic carbocycles. The van der Waals surface area contributed by atoms with E-state index in [4.69, 9.17) is 4.74 Å². The number of benzene rings is 1. The highest BCUT2D eigenvalue weighted by Gasteiger charge is 2.28. The van der Waals surface area contributed by atoms with E-state index < -0.39 is 28.3 Å². The van der Waals surface area contributed by atoms with Gasteiger partial charge in [-0.1, -0.05) is 6.07 Å². The van der Waals surface area contributed by atoms with Crippen LogP contribution < -0.4 is 10.6 Å². The first-order chi connectivity index (χ1) is 12.8. The summed E-state index contributed by atoms with van der Waals surface area (Å²) >= 11 is 1.23. The third-order valence-electron chi connectivity index (χ3n) is 3.74. The van der Waals surface area contributed by atoms with Gasteiger partial charge in [-0.25, -0.2) is 8.42 Å². The van der Waals surface area contributed by atoms with Gasteiger partial charge in [-0.2, -0.15) is 0 Å². The number of amides is 2. The number of rotatable bonds is 8. The summed E-state index contributed by atoms with van der Waals surface area (Å²) in [5.74, 6) is -1.11. The Hall–Kier alpha value is -2.07. The van der Waals surface area contributed by atoms with E-state index in [9.17, 15) is 22.8 Å². The van der Waals surface area contributed by atoms with Crippen molar-refractivity contribution < 1.29 is 27.5 Å². The molecule has 2 rings (SSSR count). The average Bonchev–Trinajstić information content (AvgIpc) is 2.97. The van der Waals surface area contributed by atoms with E-state index in [-0.39, 0.29) is 28.4 Å². The molecule has 0 bridgehead atoms. The Morgan fingerprint density at radius 2 is 2.07 bits per heavy atom. The van der Waals surface area contributed by atoms with Crippen molar-refractivity contribution in [1.82, 2.24) is 5.32 Å². The van der Waals surface area contributed by atoms with E-state index in [1.807, 2.05) is 6.92 Å². The maximum atomic E-state index is 11.9. The minimum atomic E-state index is -2.98. The molecule has 1 aromatic carbocycles. The Morgan fingerprint density at radius 1 is 1.30 bits per heavy atom. The van der Waals surface area contributed by atoms with Crippen molar-refractivity contribution >= 4 is 45.1 Å². The molecule has 2 amide bonds. The molecule has 148 valence electrons. The molecular formula is C17H22N2O6S2. The highest BCUT2D eigenvalue weighted by Crippen LogP contribution is 2.24. The lowest BCUT2D eigenvalue weighted by atomic mass is 10.2. The van der Waals surface area contributed by atoms with Gasteiger partial charge in [0.25, 0.3) is 11.8 Å². The van der Waals surface area contributed by atoms with Gasteiger partial charge in [0.2, 0.25) is 0 Å². The lowest BCUT2D eigenvalue weighted by Crippen LogP contribution is -2.24. The zero-order chi connectivity index (χ0) is 19.9. The lowest BCUT2D eigenvalue weighted by molar-refractivity contribution is -0.144. The summed E-state index contributed by atoms with van der Waals surface area (Å²) in [5.41, 5.74) is 0.833. The fourth-order valence-corrected chi connectivity index (χ4v) is 5.90. The molecular weight excluding hydrogens is 392 g/mol. The first-order valence-electron chi connectivity index (χ1n) is 8.45. The molecule has 2 N–H and O–H groups in total. The molecule has 1 aromatic rings. The van der Waals surface area contributed by atoms with E-state index in [1.54, 1.807) is 18.2 Å². The number of ether oxygens (including phenoxy) is 1. The summed E-state index contributed by atoms with van der Waals surface area (Å²) in [6.07, 6.45) is 0.530. The number of anilines is 1. The second kappa shape index (κ2) is 9.75. The molecule has 1 heterocycles. The van der Waals surface area contributed by atoms with Gasteiger partial charge < -0.3 is 15.4 Å². The predicted octanol–water partition coefficient (Wildman–Crippen LogP) is 0.838. The Bertz CT molecular complexity index is 809. The predicted molar refractivity (Wildman–Crippen MR) is 104 cm³/mol. The molecule has 0 saturated carbocycles. The minimum absolute atomic E-state index is 0.000140. The molecule has 8 nitrogen and oxygen atoms in total. The van der Waals surface area contributed by atoms with E-state index in [2.05, 4.69) is 10.6 Å². The second-order valence-electron chi connectivity index (χ2n) is 5.99. The van der Waals surface area contributed by atoms with Gasteiger partial charge in [-0.3, -0.25) is 14.4 Å². The first-order valence-corrected chi connectivity index (χ1v) is 11.3. The number of carbonyl (C=O) groups excluding carboxylic acids is 3. The lowest BCUT2D eigenvalue weighted by Gasteiger charge is -2.09. The van der Waals surface area contributed by atoms with Crippen molar-refractivity contribution in [2.45, 2.75) is 18.6 Å². The number of sulfone groups is 1. The number of hydrogen-bond acceptors (Lipinski definition) is 7. The monoisotopic (exact) mass is 414 g/mol. The van der Waals surface area contributed by atoms with Crippen molar-refractivity contribution in [3.8, 4) is 0 Å². The molecule has 10 heteroatoms. The Kier molecular flexibility index (Phi) is 7.66. The zero-order valence-electron chi connectivity index (χ0n) is 14.9. The average molecular weight is 415 g/mol. The van der Waals surface area contributed by atoms with Crippen LogP contribution in [0.25, 0.3) is 0 Å². The van der Waals surface area contributed by atoms with Gasteiger partial charge in [0.05, 0.1) is 17.3 Å². The van der Waals surface area contributed by atoms with Gasteiger partial charge in [-0.15, -0.1) is 11.8 Å². The summed E-state index contributed by atoms with van der Waals surface area (Å²) in [4.78, 5) is 35.4. The molecule has 1 saturated heterocycles. The van der Waals surface area contributed by atoms with Crippen LogP contribution in [-0.4, -0.2) is 61.9 Å². The third-order valence-corrected chi connectivity index (χ3v) is 6.99. The maximum absolute atomic E-state index is 11.9. The van der Waals surface area contributed by atoms with Crippen molar-refractivity contribution in [2.75, 3.05) is 35.7 Å². The summed E-state index contributed by atoms with van der Waals surface area (Å²) in [6, 6.07) is 6.42. The summed E-state index contributed by atoms with van der Waals surface area (Å²) in [5, 5.41) is 5.12. The van der Waals surface area contributed by atoms with Gasteiger partial charge in [0.15, 0.2) is 16.4 Å². The van der Waals surface area contributed by atoms with Crippen LogP contribution in [0.5, 0.6) is 0 Å². The third kappa shape index (κ3) is 7.22. The van der Waals surface area contributed by atoms with Gasteiger partial charge in [0, 0.05) is 23.0 Å². The summed E-state index contributed by atoms with van der Waals surface area (Å²) < 4.78 is 27.6. The van der Waals surface area contributed by atoms with E-state index in [0.717, 1.165) is 0 Å². The topological polar surface area (TPSA) is 119 Å². The Morgan fingerprint density at radius 3 is 2.74 bits per heavy atom. The normalized spacial score (nSPS) is 17.9. The molecule has 1 fully saturated rings. The number of thioether (sulfide) groups is 1. The van der Waals surface area contributed by atoms with Crippen molar-refractivity contribution in [3.05, 3.63) is 29.8 Å². The highest BCUT2D eigenvalue weighted by molar-refractivity contribution is 8.02. The van der Waals surface area contributed by atoms with E-state index in [0.29, 0.717) is 24.2 Å². The Balaban J connectivity index is 1.73. The molecule has 0 radical (unpaired) electrons. The standard InChI is InChI=1S/C17H22N2O6S2/c1-2-18-17(22)12-4-3-5-13(8-12)19-15(20)9-25-16(21)10-26-14-6-7-27(23,24)11-14/h3-5,8,14H,2,6-7,9-11H2,1H3,(H,18,22)(H,19,20)/t14-/m0/s1. The SMILES string of the molecule is CCNC(=O)c1cccc(NC(=O)COC(=O)CS[C@H]2CCS(=O)(=O)C2)c1. The van der Waals surface area contributed by atoms with Crippen LogP contribution in [0.1, 0.15) is 23.7 Å². The van der Waals surface area contributed by atoms with Gasteiger partial charge in [-0.05, 0) is 31.5 Å². The molecule has 0 spiro atoms. The quantitative estimate of drug-likeness (QED) is 0.605. The van der Waals surface area contributed by atoms with Crippen LogP contribution in [-0.2, 0) is 24.2 Å². The number of esters is 1. The smallest absolute Gasteiger partial charge is 0.316 e. The Labute approximate surface area is 162 Å². The van der Waals surface area contributed by atoms with Crippen LogP contribution >= 0.6 is 11.8 Å². The largest absolute Gasteiger partial charge is 0.455 e. The second-order valence-corrected chi connectivity index (χ2v) is 9.50. The minimum Gasteiger partial charge on any atom is -0.455 e. The van der Waals surface area contributed by atoms with Crippen molar-refractivity contribution in [1.29, 1.82) is 0 Å². The molecule has 27 heavy (non-hydrogen) atoms. The van der Waals surface area contributed by atoms with E-state index in [1.165, 1.54) is 17.8 Å². The maximum Gasteiger partial charge on any atom is 0.316 e. The van der Waals surface area contributed by atoms with E-state index >= 15 is 0 Å². The van der Waals surface area contributed by atoms with Crippen molar-refractivity contribution in [2.24, 2.45) is 0 Å². The molecule has 0 unspecified atom stereocenters. The fourth-order valence-electron chi connectivity index (χ4n) is 2.46. The van der Waals surface area contributed by atoms with Crippen LogP contribution in [0.4, 0.5) is 5.69 Å². The summed E-state index contributed by atoms with van der Waals surface area (Å²) in [6.45, 7) is 1.85. The summed E-state index contributed by atoms with van der Waals surface area (Å²) in [7, 11) is -2.98. The molecule has 1 aliphatic heterocycles. The fraction of sp³-hybridized carbons (Fsp3) is 0.471. The highest BCUT2D eigenvalue weighted by atomic mass is 32.2. The molecule has 1 atom stereocenters. The first kappa shape index (κ1) is 21.2. The molecule has 1 aliphatic rings. The van der Waals surface area contributed by atoms with Crippen LogP contribution in [0, 0.1) is 0 Å².